The van der Waals surface area contributed by atoms with E-state index < -0.39 is 48.0 Å². The van der Waals surface area contributed by atoms with Gasteiger partial charge in [0.05, 0.1) is 45.5 Å². The number of fused-ring (bicyclic) bond motifs is 8. The highest BCUT2D eigenvalue weighted by Crippen LogP contribution is 2.47. The molecule has 16 nitrogen and oxygen atoms in total. The number of amides is 4. The van der Waals surface area contributed by atoms with E-state index >= 15 is 0 Å². The molecule has 92 heavy (non-hydrogen) atoms. The lowest BCUT2D eigenvalue weighted by atomic mass is 9.78. The standard InChI is InChI=1S/C76H90N8O8/c1-41(89-17)69(85)81-51-23-21-24-52(82-70(86)42(2)90-18)65(51)67-59-31-27-55(77-59)63(45-35-47(73(5,6)7)39-48(36-45)74(8,9)10)57-29-33-61(79-57)68(66-53(83-71(87)43(3)91-19)25-22-26-54(66)84-72(88)44(4)92-20)62-34-30-58(80-62)64(56-28-32-60(67)78-56)46-37-49(75(11,12)13)40-50(38-46)76(14,15)16/h21-44,77,80H,1-20H3,(H,81,85)(H,82,86)(H,83,87)(H,84,88)/t41-,42-,43-,44-/m1/s1. The van der Waals surface area contributed by atoms with Crippen LogP contribution in [0.3, 0.4) is 0 Å². The first-order chi connectivity index (χ1) is 43.2. The van der Waals surface area contributed by atoms with Crippen LogP contribution in [0.2, 0.25) is 0 Å². The average Bonchev–Trinajstić information content (AvgIpc) is 1.55. The van der Waals surface area contributed by atoms with Crippen LogP contribution < -0.4 is 21.3 Å². The molecule has 2 aliphatic rings. The summed E-state index contributed by atoms with van der Waals surface area (Å²) in [7, 11) is 5.92. The van der Waals surface area contributed by atoms with Crippen molar-refractivity contribution in [2.45, 2.75) is 157 Å². The fraction of sp³-hybridized carbons (Fsp3) is 0.368. The molecular weight excluding hydrogens is 1150 g/mol. The first-order valence-corrected chi connectivity index (χ1v) is 31.3. The van der Waals surface area contributed by atoms with Crippen LogP contribution in [0.15, 0.2) is 97.1 Å². The van der Waals surface area contributed by atoms with E-state index in [1.54, 1.807) is 64.1 Å². The van der Waals surface area contributed by atoms with E-state index in [0.717, 1.165) is 44.5 Å². The zero-order valence-electron chi connectivity index (χ0n) is 57.0. The summed E-state index contributed by atoms with van der Waals surface area (Å²) >= 11 is 0. The van der Waals surface area contributed by atoms with Gasteiger partial charge in [-0.15, -0.1) is 0 Å². The van der Waals surface area contributed by atoms with E-state index in [0.29, 0.717) is 89.8 Å². The van der Waals surface area contributed by atoms with Crippen LogP contribution in [-0.2, 0) is 59.8 Å². The number of nitrogens with zero attached hydrogens (tertiary/aromatic N) is 2. The van der Waals surface area contributed by atoms with Crippen LogP contribution in [-0.4, -0.2) is 96.4 Å². The Kier molecular flexibility index (Phi) is 19.4. The van der Waals surface area contributed by atoms with Crippen molar-refractivity contribution in [2.24, 2.45) is 0 Å². The Labute approximate surface area is 541 Å². The van der Waals surface area contributed by atoms with Gasteiger partial charge in [-0.05, 0) is 156 Å². The van der Waals surface area contributed by atoms with Gasteiger partial charge < -0.3 is 50.2 Å². The van der Waals surface area contributed by atoms with Gasteiger partial charge in [-0.2, -0.15) is 0 Å². The summed E-state index contributed by atoms with van der Waals surface area (Å²) in [5, 5.41) is 12.6. The number of carbonyl (C=O) groups excluding carboxylic acids is 4. The zero-order chi connectivity index (χ0) is 67.1. The van der Waals surface area contributed by atoms with Crippen LogP contribution >= 0.6 is 0 Å². The third-order valence-corrected chi connectivity index (χ3v) is 17.2. The Morgan fingerprint density at radius 3 is 0.804 bits per heavy atom. The maximum absolute atomic E-state index is 14.1. The molecule has 7 aromatic rings. The topological polar surface area (TPSA) is 211 Å². The fourth-order valence-corrected chi connectivity index (χ4v) is 11.0. The van der Waals surface area contributed by atoms with Crippen molar-refractivity contribution in [3.05, 3.63) is 142 Å². The van der Waals surface area contributed by atoms with Gasteiger partial charge in [0.1, 0.15) is 24.4 Å². The van der Waals surface area contributed by atoms with Crippen molar-refractivity contribution < 1.29 is 38.1 Å². The quantitative estimate of drug-likeness (QED) is 0.0539. The molecule has 2 aliphatic heterocycles. The summed E-state index contributed by atoms with van der Waals surface area (Å²) in [6.45, 7) is 33.2. The van der Waals surface area contributed by atoms with Gasteiger partial charge in [-0.1, -0.05) is 132 Å². The SMILES string of the molecule is CO[C@H](C)C(=O)Nc1cccc(NC(=O)[C@@H](C)OC)c1-c1c2nc(c(-c3cc(C(C)(C)C)cc(C(C)(C)C)c3)c3ccc([nH]3)c(-c3c(NC(=O)[C@@H](C)OC)cccc3NC(=O)[C@@H](C)OC)c3nc(c(-c4cc(C(C)(C)C)cc(C(C)(C)C)c4)c4ccc1[nH]4)C=C3)C=C2. The Bertz CT molecular complexity index is 3850. The number of nitrogens with one attached hydrogen (secondary N) is 6. The second kappa shape index (κ2) is 26.4. The maximum atomic E-state index is 14.1. The number of aromatic amines is 2. The van der Waals surface area contributed by atoms with Crippen LogP contribution in [0, 0.1) is 0 Å². The molecule has 482 valence electrons. The van der Waals surface area contributed by atoms with Gasteiger partial charge in [0.2, 0.25) is 0 Å². The number of hydrogen-bond acceptors (Lipinski definition) is 10. The summed E-state index contributed by atoms with van der Waals surface area (Å²) < 4.78 is 22.2. The molecule has 4 aromatic carbocycles. The van der Waals surface area contributed by atoms with Crippen molar-refractivity contribution >= 4 is 92.7 Å². The number of carbonyl (C=O) groups is 4. The number of rotatable bonds is 16. The minimum absolute atomic E-state index is 0.280. The second-order valence-electron chi connectivity index (χ2n) is 28.0. The third kappa shape index (κ3) is 14.3. The summed E-state index contributed by atoms with van der Waals surface area (Å²) in [6.07, 6.45) is 4.59. The van der Waals surface area contributed by atoms with E-state index in [4.69, 9.17) is 28.9 Å². The summed E-state index contributed by atoms with van der Waals surface area (Å²) in [6, 6.07) is 32.3. The van der Waals surface area contributed by atoms with Crippen LogP contribution in [0.4, 0.5) is 22.7 Å². The number of benzene rings is 4. The third-order valence-electron chi connectivity index (χ3n) is 17.2. The molecule has 4 amide bonds. The highest BCUT2D eigenvalue weighted by atomic mass is 16.5. The minimum atomic E-state index is -0.836. The molecule has 3 aromatic heterocycles. The van der Waals surface area contributed by atoms with Crippen molar-refractivity contribution in [3.8, 4) is 44.5 Å². The lowest BCUT2D eigenvalue weighted by molar-refractivity contribution is -0.125. The zero-order valence-corrected chi connectivity index (χ0v) is 57.0. The molecular formula is C76H90N8O8. The van der Waals surface area contributed by atoms with Gasteiger partial charge in [-0.3, -0.25) is 19.2 Å². The maximum Gasteiger partial charge on any atom is 0.253 e. The number of hydrogen-bond donors (Lipinski definition) is 6. The molecule has 16 heteroatoms. The summed E-state index contributed by atoms with van der Waals surface area (Å²) in [5.74, 6) is -1.62. The molecule has 0 aliphatic carbocycles. The minimum Gasteiger partial charge on any atom is -0.372 e. The van der Waals surface area contributed by atoms with Crippen molar-refractivity contribution in [3.63, 3.8) is 0 Å². The molecule has 8 bridgehead atoms. The molecule has 0 radical (unpaired) electrons. The highest BCUT2D eigenvalue weighted by Gasteiger charge is 2.30. The molecule has 0 spiro atoms. The Balaban J connectivity index is 1.58. The summed E-state index contributed by atoms with van der Waals surface area (Å²) in [4.78, 5) is 75.8. The lowest BCUT2D eigenvalue weighted by Crippen LogP contribution is -2.28. The highest BCUT2D eigenvalue weighted by molar-refractivity contribution is 6.11. The van der Waals surface area contributed by atoms with Crippen molar-refractivity contribution in [1.82, 2.24) is 19.9 Å². The number of anilines is 4. The molecule has 6 N–H and O–H groups in total. The first-order valence-electron chi connectivity index (χ1n) is 31.3. The number of methoxy groups -OCH3 is 4. The van der Waals surface area contributed by atoms with Crippen molar-refractivity contribution in [1.29, 1.82) is 0 Å². The van der Waals surface area contributed by atoms with Gasteiger partial charge in [0.25, 0.3) is 23.6 Å². The predicted molar refractivity (Wildman–Crippen MR) is 376 cm³/mol. The number of aromatic nitrogens is 4. The van der Waals surface area contributed by atoms with Gasteiger partial charge in [0.15, 0.2) is 0 Å². The van der Waals surface area contributed by atoms with Gasteiger partial charge in [-0.25, -0.2) is 9.97 Å². The predicted octanol–water partition coefficient (Wildman–Crippen LogP) is 16.4. The second-order valence-corrected chi connectivity index (χ2v) is 28.0. The van der Waals surface area contributed by atoms with E-state index in [2.05, 4.69) is 151 Å². The monoisotopic (exact) mass is 1240 g/mol. The van der Waals surface area contributed by atoms with Gasteiger partial charge >= 0.3 is 0 Å². The van der Waals surface area contributed by atoms with E-state index in [1.807, 2.05) is 48.6 Å². The Hall–Kier alpha value is -8.80. The van der Waals surface area contributed by atoms with Crippen molar-refractivity contribution in [2.75, 3.05) is 49.7 Å². The molecule has 0 saturated carbocycles. The summed E-state index contributed by atoms with van der Waals surface area (Å²) in [5.41, 5.74) is 15.0. The van der Waals surface area contributed by atoms with Crippen LogP contribution in [0.1, 0.15) is 156 Å². The number of ether oxygens (including phenoxy) is 4. The van der Waals surface area contributed by atoms with E-state index in [9.17, 15) is 19.2 Å². The molecule has 0 saturated heterocycles. The fourth-order valence-electron chi connectivity index (χ4n) is 11.0. The largest absolute Gasteiger partial charge is 0.372 e. The first kappa shape index (κ1) is 67.6. The Morgan fingerprint density at radius 2 is 0.576 bits per heavy atom. The van der Waals surface area contributed by atoms with Crippen LogP contribution in [0.25, 0.3) is 90.9 Å². The van der Waals surface area contributed by atoms with Crippen LogP contribution in [0.5, 0.6) is 0 Å². The van der Waals surface area contributed by atoms with E-state index in [-0.39, 0.29) is 21.7 Å². The average molecular weight is 1240 g/mol. The van der Waals surface area contributed by atoms with E-state index in [1.165, 1.54) is 28.4 Å². The smallest absolute Gasteiger partial charge is 0.253 e. The molecule has 4 atom stereocenters. The Morgan fingerprint density at radius 1 is 0.348 bits per heavy atom. The molecule has 5 heterocycles. The molecule has 0 fully saturated rings. The normalized spacial score (nSPS) is 14.0. The molecule has 0 unspecified atom stereocenters. The lowest BCUT2D eigenvalue weighted by Gasteiger charge is -2.26. The number of H-pyrrole nitrogens is 2. The molecule has 9 rings (SSSR count). The van der Waals surface area contributed by atoms with Gasteiger partial charge in [0, 0.05) is 83.9 Å².